The Labute approximate surface area is 93.2 Å². The highest BCUT2D eigenvalue weighted by molar-refractivity contribution is 7.99. The molecule has 0 aromatic heterocycles. The molecule has 6 heteroatoms. The molecular formula is C8H13ClN2O2S. The van der Waals surface area contributed by atoms with Gasteiger partial charge in [0.15, 0.2) is 0 Å². The maximum absolute atomic E-state index is 11.7. The van der Waals surface area contributed by atoms with E-state index in [9.17, 15) is 9.59 Å². The SMILES string of the molecule is Cl.O=C1CN[C@H](C(=O)N2CCSC2)C1. The van der Waals surface area contributed by atoms with Crippen LogP contribution in [0.1, 0.15) is 6.42 Å². The van der Waals surface area contributed by atoms with Crippen LogP contribution in [0, 0.1) is 0 Å². The van der Waals surface area contributed by atoms with Crippen LogP contribution >= 0.6 is 24.2 Å². The van der Waals surface area contributed by atoms with E-state index in [0.29, 0.717) is 13.0 Å². The number of hydrogen-bond acceptors (Lipinski definition) is 4. The lowest BCUT2D eigenvalue weighted by atomic mass is 10.2. The van der Waals surface area contributed by atoms with Crippen molar-refractivity contribution in [3.63, 3.8) is 0 Å². The summed E-state index contributed by atoms with van der Waals surface area (Å²) < 4.78 is 0. The number of carbonyl (C=O) groups excluding carboxylic acids is 2. The van der Waals surface area contributed by atoms with E-state index in [0.717, 1.165) is 18.2 Å². The lowest BCUT2D eigenvalue weighted by molar-refractivity contribution is -0.132. The molecule has 0 bridgehead atoms. The van der Waals surface area contributed by atoms with E-state index in [4.69, 9.17) is 0 Å². The third-order valence-corrected chi connectivity index (χ3v) is 3.31. The van der Waals surface area contributed by atoms with Gasteiger partial charge in [-0.2, -0.15) is 0 Å². The van der Waals surface area contributed by atoms with Crippen molar-refractivity contribution in [1.29, 1.82) is 0 Å². The Morgan fingerprint density at radius 2 is 2.36 bits per heavy atom. The number of carbonyl (C=O) groups is 2. The van der Waals surface area contributed by atoms with Crippen LogP contribution < -0.4 is 5.32 Å². The van der Waals surface area contributed by atoms with E-state index in [2.05, 4.69) is 5.32 Å². The molecule has 0 unspecified atom stereocenters. The van der Waals surface area contributed by atoms with Gasteiger partial charge in [0, 0.05) is 18.7 Å². The third kappa shape index (κ3) is 2.40. The number of nitrogens with one attached hydrogen (secondary N) is 1. The zero-order valence-electron chi connectivity index (χ0n) is 7.69. The highest BCUT2D eigenvalue weighted by atomic mass is 35.5. The summed E-state index contributed by atoms with van der Waals surface area (Å²) in [7, 11) is 0. The van der Waals surface area contributed by atoms with Gasteiger partial charge in [-0.15, -0.1) is 24.2 Å². The Morgan fingerprint density at radius 1 is 1.57 bits per heavy atom. The van der Waals surface area contributed by atoms with Gasteiger partial charge in [-0.1, -0.05) is 0 Å². The Kier molecular flexibility index (Phi) is 4.22. The Balaban J connectivity index is 0.000000980. The van der Waals surface area contributed by atoms with E-state index in [1.165, 1.54) is 0 Å². The minimum atomic E-state index is -0.244. The van der Waals surface area contributed by atoms with Crippen LogP contribution in [0.4, 0.5) is 0 Å². The summed E-state index contributed by atoms with van der Waals surface area (Å²) in [6.45, 7) is 1.19. The molecule has 0 spiro atoms. The van der Waals surface area contributed by atoms with E-state index in [1.807, 2.05) is 4.90 Å². The topological polar surface area (TPSA) is 49.4 Å². The van der Waals surface area contributed by atoms with Crippen molar-refractivity contribution in [3.05, 3.63) is 0 Å². The largest absolute Gasteiger partial charge is 0.331 e. The fourth-order valence-electron chi connectivity index (χ4n) is 1.59. The fourth-order valence-corrected chi connectivity index (χ4v) is 2.55. The van der Waals surface area contributed by atoms with Gasteiger partial charge in [0.25, 0.3) is 0 Å². The molecule has 1 atom stereocenters. The standard InChI is InChI=1S/C8H12N2O2S.ClH/c11-6-3-7(9-4-6)8(12)10-1-2-13-5-10;/h7,9H,1-5H2;1H/t7-;/m0./s1. The number of hydrogen-bond donors (Lipinski definition) is 1. The molecule has 4 nitrogen and oxygen atoms in total. The van der Waals surface area contributed by atoms with Crippen LogP contribution in [-0.4, -0.2) is 47.4 Å². The fraction of sp³-hybridized carbons (Fsp3) is 0.750. The lowest BCUT2D eigenvalue weighted by Gasteiger charge is -2.18. The zero-order valence-corrected chi connectivity index (χ0v) is 9.33. The van der Waals surface area contributed by atoms with Gasteiger partial charge in [0.1, 0.15) is 5.78 Å². The van der Waals surface area contributed by atoms with E-state index < -0.39 is 0 Å². The molecule has 2 fully saturated rings. The third-order valence-electron chi connectivity index (χ3n) is 2.34. The number of thioether (sulfide) groups is 1. The first-order chi connectivity index (χ1) is 6.27. The van der Waals surface area contributed by atoms with Crippen molar-refractivity contribution in [3.8, 4) is 0 Å². The Morgan fingerprint density at radius 3 is 2.86 bits per heavy atom. The first-order valence-electron chi connectivity index (χ1n) is 4.39. The molecule has 2 aliphatic heterocycles. The zero-order chi connectivity index (χ0) is 9.26. The van der Waals surface area contributed by atoms with E-state index in [-0.39, 0.29) is 30.1 Å². The number of halogens is 1. The Bertz CT molecular complexity index is 243. The maximum atomic E-state index is 11.7. The molecule has 14 heavy (non-hydrogen) atoms. The molecule has 1 N–H and O–H groups in total. The summed E-state index contributed by atoms with van der Waals surface area (Å²) in [4.78, 5) is 24.4. The molecule has 80 valence electrons. The maximum Gasteiger partial charge on any atom is 0.240 e. The van der Waals surface area contributed by atoms with Gasteiger partial charge in [0.05, 0.1) is 18.5 Å². The average Bonchev–Trinajstić information content (AvgIpc) is 2.72. The van der Waals surface area contributed by atoms with Crippen molar-refractivity contribution in [1.82, 2.24) is 10.2 Å². The predicted octanol–water partition coefficient (Wildman–Crippen LogP) is -0.128. The van der Waals surface area contributed by atoms with E-state index >= 15 is 0 Å². The van der Waals surface area contributed by atoms with Crippen LogP contribution in [0.5, 0.6) is 0 Å². The molecular weight excluding hydrogens is 224 g/mol. The highest BCUT2D eigenvalue weighted by Gasteiger charge is 2.31. The van der Waals surface area contributed by atoms with Crippen molar-refractivity contribution >= 4 is 35.9 Å². The summed E-state index contributed by atoms with van der Waals surface area (Å²) >= 11 is 1.76. The highest BCUT2D eigenvalue weighted by Crippen LogP contribution is 2.16. The van der Waals surface area contributed by atoms with Crippen molar-refractivity contribution in [2.45, 2.75) is 12.5 Å². The van der Waals surface area contributed by atoms with Crippen molar-refractivity contribution in [2.24, 2.45) is 0 Å². The van der Waals surface area contributed by atoms with Crippen molar-refractivity contribution in [2.75, 3.05) is 24.7 Å². The van der Waals surface area contributed by atoms with Crippen molar-refractivity contribution < 1.29 is 9.59 Å². The van der Waals surface area contributed by atoms with Gasteiger partial charge in [0.2, 0.25) is 5.91 Å². The van der Waals surface area contributed by atoms with Crippen LogP contribution in [0.25, 0.3) is 0 Å². The summed E-state index contributed by atoms with van der Waals surface area (Å²) in [5.74, 6) is 2.04. The van der Waals surface area contributed by atoms with Gasteiger partial charge >= 0.3 is 0 Å². The first kappa shape index (κ1) is 11.8. The van der Waals surface area contributed by atoms with Gasteiger partial charge < -0.3 is 4.90 Å². The first-order valence-corrected chi connectivity index (χ1v) is 5.54. The lowest BCUT2D eigenvalue weighted by Crippen LogP contribution is -2.42. The van der Waals surface area contributed by atoms with Gasteiger partial charge in [-0.05, 0) is 0 Å². The molecule has 0 aromatic carbocycles. The molecule has 1 amide bonds. The van der Waals surface area contributed by atoms with Crippen LogP contribution in [0.2, 0.25) is 0 Å². The monoisotopic (exact) mass is 236 g/mol. The molecule has 0 saturated carbocycles. The number of nitrogens with zero attached hydrogens (tertiary/aromatic N) is 1. The minimum Gasteiger partial charge on any atom is -0.331 e. The van der Waals surface area contributed by atoms with Crippen LogP contribution in [0.3, 0.4) is 0 Å². The molecule has 2 rings (SSSR count). The summed E-state index contributed by atoms with van der Waals surface area (Å²) in [5, 5.41) is 2.93. The predicted molar refractivity (Wildman–Crippen MR) is 57.7 cm³/mol. The second kappa shape index (κ2) is 5.00. The second-order valence-corrected chi connectivity index (χ2v) is 4.39. The normalized spacial score (nSPS) is 26.4. The number of rotatable bonds is 1. The smallest absolute Gasteiger partial charge is 0.240 e. The minimum absolute atomic E-state index is 0. The van der Waals surface area contributed by atoms with Gasteiger partial charge in [-0.25, -0.2) is 0 Å². The summed E-state index contributed by atoms with van der Waals surface area (Å²) in [5.41, 5.74) is 0. The number of ketones is 1. The van der Waals surface area contributed by atoms with Crippen LogP contribution in [-0.2, 0) is 9.59 Å². The molecule has 0 aliphatic carbocycles. The molecule has 2 heterocycles. The van der Waals surface area contributed by atoms with Crippen LogP contribution in [0.15, 0.2) is 0 Å². The van der Waals surface area contributed by atoms with E-state index in [1.54, 1.807) is 11.8 Å². The number of amides is 1. The molecule has 2 aliphatic rings. The quantitative estimate of drug-likeness (QED) is 0.689. The molecule has 0 aromatic rings. The number of Topliss-reactive ketones (excluding diaryl/α,β-unsaturated/α-hetero) is 1. The molecule has 2 saturated heterocycles. The molecule has 0 radical (unpaired) electrons. The average molecular weight is 237 g/mol. The summed E-state index contributed by atoms with van der Waals surface area (Å²) in [6, 6.07) is -0.244. The Hall–Kier alpha value is -0.260. The van der Waals surface area contributed by atoms with Gasteiger partial charge in [-0.3, -0.25) is 14.9 Å². The second-order valence-electron chi connectivity index (χ2n) is 3.32. The summed E-state index contributed by atoms with van der Waals surface area (Å²) in [6.07, 6.45) is 0.375.